The SMILES string of the molecule is COc1ccc2oc3ccccc3c2c1C(C)=O. The molecule has 0 N–H and O–H groups in total. The summed E-state index contributed by atoms with van der Waals surface area (Å²) in [5.74, 6) is 0.561. The molecule has 2 aromatic carbocycles. The van der Waals surface area contributed by atoms with Crippen LogP contribution >= 0.6 is 0 Å². The van der Waals surface area contributed by atoms with Crippen LogP contribution in [-0.2, 0) is 0 Å². The topological polar surface area (TPSA) is 39.4 Å². The van der Waals surface area contributed by atoms with Crippen LogP contribution < -0.4 is 4.74 Å². The summed E-state index contributed by atoms with van der Waals surface area (Å²) in [6.07, 6.45) is 0. The van der Waals surface area contributed by atoms with Crippen molar-refractivity contribution in [1.82, 2.24) is 0 Å². The molecule has 3 aromatic rings. The summed E-state index contributed by atoms with van der Waals surface area (Å²) in [5, 5.41) is 1.77. The molecule has 0 aliphatic rings. The van der Waals surface area contributed by atoms with Crippen molar-refractivity contribution in [2.75, 3.05) is 7.11 Å². The van der Waals surface area contributed by atoms with E-state index in [1.165, 1.54) is 0 Å². The van der Waals surface area contributed by atoms with Gasteiger partial charge in [0.1, 0.15) is 16.9 Å². The van der Waals surface area contributed by atoms with Crippen molar-refractivity contribution in [2.45, 2.75) is 6.92 Å². The van der Waals surface area contributed by atoms with E-state index in [0.29, 0.717) is 16.9 Å². The average molecular weight is 240 g/mol. The minimum absolute atomic E-state index is 0.0241. The predicted octanol–water partition coefficient (Wildman–Crippen LogP) is 3.80. The molecule has 18 heavy (non-hydrogen) atoms. The first-order valence-corrected chi connectivity index (χ1v) is 5.71. The van der Waals surface area contributed by atoms with Gasteiger partial charge in [-0.3, -0.25) is 4.79 Å². The van der Waals surface area contributed by atoms with Gasteiger partial charge in [-0.05, 0) is 25.1 Å². The number of carbonyl (C=O) groups excluding carboxylic acids is 1. The van der Waals surface area contributed by atoms with E-state index in [4.69, 9.17) is 9.15 Å². The van der Waals surface area contributed by atoms with Crippen molar-refractivity contribution in [2.24, 2.45) is 0 Å². The summed E-state index contributed by atoms with van der Waals surface area (Å²) in [6, 6.07) is 11.3. The largest absolute Gasteiger partial charge is 0.496 e. The van der Waals surface area contributed by atoms with E-state index in [9.17, 15) is 4.79 Å². The lowest BCUT2D eigenvalue weighted by atomic mass is 10.0. The normalized spacial score (nSPS) is 11.0. The quantitative estimate of drug-likeness (QED) is 0.639. The second-order valence-electron chi connectivity index (χ2n) is 4.17. The van der Waals surface area contributed by atoms with E-state index in [0.717, 1.165) is 16.4 Å². The third-order valence-electron chi connectivity index (χ3n) is 3.08. The number of hydrogen-bond acceptors (Lipinski definition) is 3. The maximum absolute atomic E-state index is 11.9. The molecule has 1 heterocycles. The lowest BCUT2D eigenvalue weighted by Crippen LogP contribution is -1.98. The number of para-hydroxylation sites is 1. The lowest BCUT2D eigenvalue weighted by Gasteiger charge is -2.06. The van der Waals surface area contributed by atoms with E-state index in [1.807, 2.05) is 30.3 Å². The summed E-state index contributed by atoms with van der Waals surface area (Å²) in [5.41, 5.74) is 2.07. The summed E-state index contributed by atoms with van der Waals surface area (Å²) in [4.78, 5) is 11.9. The fourth-order valence-electron chi connectivity index (χ4n) is 2.32. The number of methoxy groups -OCH3 is 1. The molecule has 3 nitrogen and oxygen atoms in total. The highest BCUT2D eigenvalue weighted by atomic mass is 16.5. The first-order valence-electron chi connectivity index (χ1n) is 5.71. The molecule has 0 spiro atoms. The van der Waals surface area contributed by atoms with Gasteiger partial charge in [0, 0.05) is 10.8 Å². The van der Waals surface area contributed by atoms with E-state index in [1.54, 1.807) is 20.1 Å². The molecule has 0 aliphatic heterocycles. The van der Waals surface area contributed by atoms with Gasteiger partial charge >= 0.3 is 0 Å². The fourth-order valence-corrected chi connectivity index (χ4v) is 2.32. The Kier molecular flexibility index (Phi) is 2.33. The second-order valence-corrected chi connectivity index (χ2v) is 4.17. The van der Waals surface area contributed by atoms with Crippen molar-refractivity contribution >= 4 is 27.7 Å². The van der Waals surface area contributed by atoms with Crippen molar-refractivity contribution in [3.63, 3.8) is 0 Å². The van der Waals surface area contributed by atoms with Gasteiger partial charge in [0.15, 0.2) is 5.78 Å². The third kappa shape index (κ3) is 1.40. The van der Waals surface area contributed by atoms with Crippen molar-refractivity contribution in [3.05, 3.63) is 42.0 Å². The smallest absolute Gasteiger partial charge is 0.164 e. The second kappa shape index (κ2) is 3.88. The van der Waals surface area contributed by atoms with Gasteiger partial charge in [0.25, 0.3) is 0 Å². The van der Waals surface area contributed by atoms with Gasteiger partial charge in [0.2, 0.25) is 0 Å². The standard InChI is InChI=1S/C15H12O3/c1-9(16)14-12(17-2)7-8-13-15(14)10-5-3-4-6-11(10)18-13/h3-8H,1-2H3. The van der Waals surface area contributed by atoms with E-state index in [-0.39, 0.29) is 5.78 Å². The first kappa shape index (κ1) is 10.8. The molecule has 0 saturated carbocycles. The molecular formula is C15H12O3. The van der Waals surface area contributed by atoms with E-state index < -0.39 is 0 Å². The maximum atomic E-state index is 11.9. The van der Waals surface area contributed by atoms with Crippen LogP contribution in [0.4, 0.5) is 0 Å². The van der Waals surface area contributed by atoms with Crippen LogP contribution in [0.3, 0.4) is 0 Å². The van der Waals surface area contributed by atoms with Gasteiger partial charge in [-0.15, -0.1) is 0 Å². The molecule has 90 valence electrons. The van der Waals surface area contributed by atoms with Gasteiger partial charge in [0.05, 0.1) is 12.7 Å². The monoisotopic (exact) mass is 240 g/mol. The molecule has 0 radical (unpaired) electrons. The zero-order valence-corrected chi connectivity index (χ0v) is 10.2. The van der Waals surface area contributed by atoms with Crippen LogP contribution in [0.2, 0.25) is 0 Å². The number of carbonyl (C=O) groups is 1. The van der Waals surface area contributed by atoms with Crippen molar-refractivity contribution in [3.8, 4) is 5.75 Å². The minimum Gasteiger partial charge on any atom is -0.496 e. The molecule has 0 atom stereocenters. The molecular weight excluding hydrogens is 228 g/mol. The number of fused-ring (bicyclic) bond motifs is 3. The van der Waals surface area contributed by atoms with Gasteiger partial charge in [-0.2, -0.15) is 0 Å². The van der Waals surface area contributed by atoms with Crippen molar-refractivity contribution in [1.29, 1.82) is 0 Å². The number of Topliss-reactive ketones (excluding diaryl/α,β-unsaturated/α-hetero) is 1. The van der Waals surface area contributed by atoms with Crippen LogP contribution in [0.15, 0.2) is 40.8 Å². The Morgan fingerprint density at radius 2 is 1.89 bits per heavy atom. The highest BCUT2D eigenvalue weighted by Gasteiger charge is 2.17. The zero-order chi connectivity index (χ0) is 12.7. The Labute approximate surface area is 104 Å². The third-order valence-corrected chi connectivity index (χ3v) is 3.08. The Morgan fingerprint density at radius 1 is 1.11 bits per heavy atom. The summed E-state index contributed by atoms with van der Waals surface area (Å²) < 4.78 is 11.0. The zero-order valence-electron chi connectivity index (χ0n) is 10.2. The Morgan fingerprint density at radius 3 is 2.61 bits per heavy atom. The lowest BCUT2D eigenvalue weighted by molar-refractivity contribution is 0.101. The summed E-state index contributed by atoms with van der Waals surface area (Å²) in [6.45, 7) is 1.54. The molecule has 0 fully saturated rings. The van der Waals surface area contributed by atoms with E-state index in [2.05, 4.69) is 0 Å². The molecule has 0 saturated heterocycles. The molecule has 1 aromatic heterocycles. The molecule has 0 aliphatic carbocycles. The number of rotatable bonds is 2. The predicted molar refractivity (Wildman–Crippen MR) is 70.3 cm³/mol. The average Bonchev–Trinajstić information content (AvgIpc) is 2.75. The molecule has 3 rings (SSSR count). The summed E-state index contributed by atoms with van der Waals surface area (Å²) in [7, 11) is 1.57. The first-order chi connectivity index (χ1) is 8.72. The highest BCUT2D eigenvalue weighted by molar-refractivity contribution is 6.17. The number of benzene rings is 2. The van der Waals surface area contributed by atoms with Crippen molar-refractivity contribution < 1.29 is 13.9 Å². The number of furan rings is 1. The van der Waals surface area contributed by atoms with Gasteiger partial charge < -0.3 is 9.15 Å². The van der Waals surface area contributed by atoms with Gasteiger partial charge in [-0.1, -0.05) is 18.2 Å². The highest BCUT2D eigenvalue weighted by Crippen LogP contribution is 2.35. The fraction of sp³-hybridized carbons (Fsp3) is 0.133. The minimum atomic E-state index is -0.0241. The Hall–Kier alpha value is -2.29. The van der Waals surface area contributed by atoms with Crippen LogP contribution in [0.5, 0.6) is 5.75 Å². The molecule has 0 unspecified atom stereocenters. The number of ether oxygens (including phenoxy) is 1. The van der Waals surface area contributed by atoms with Gasteiger partial charge in [-0.25, -0.2) is 0 Å². The van der Waals surface area contributed by atoms with Crippen LogP contribution in [0.25, 0.3) is 21.9 Å². The Balaban J connectivity index is 2.55. The Bertz CT molecular complexity index is 753. The number of ketones is 1. The van der Waals surface area contributed by atoms with Crippen LogP contribution in [0, 0.1) is 0 Å². The molecule has 0 amide bonds. The maximum Gasteiger partial charge on any atom is 0.164 e. The molecule has 3 heteroatoms. The summed E-state index contributed by atoms with van der Waals surface area (Å²) >= 11 is 0. The van der Waals surface area contributed by atoms with E-state index >= 15 is 0 Å². The van der Waals surface area contributed by atoms with Crippen LogP contribution in [0.1, 0.15) is 17.3 Å². The van der Waals surface area contributed by atoms with Crippen LogP contribution in [-0.4, -0.2) is 12.9 Å². The molecule has 0 bridgehead atoms. The number of hydrogen-bond donors (Lipinski definition) is 0.